The largest absolute Gasteiger partial charge is 0.480 e. The molecule has 0 saturated carbocycles. The Morgan fingerprint density at radius 1 is 1.41 bits per heavy atom. The monoisotopic (exact) mass is 263 g/mol. The van der Waals surface area contributed by atoms with E-state index in [1.54, 1.807) is 18.7 Å². The van der Waals surface area contributed by atoms with E-state index in [0.717, 1.165) is 12.2 Å². The summed E-state index contributed by atoms with van der Waals surface area (Å²) >= 11 is 1.71. The number of aliphatic hydroxyl groups excluding tert-OH is 1. The molecule has 0 aliphatic carbocycles. The van der Waals surface area contributed by atoms with E-state index in [2.05, 4.69) is 12.2 Å². The zero-order chi connectivity index (χ0) is 13.5. The molecule has 0 fully saturated rings. The van der Waals surface area contributed by atoms with E-state index in [-0.39, 0.29) is 12.6 Å². The van der Waals surface area contributed by atoms with Gasteiger partial charge in [-0.25, -0.2) is 0 Å². The first-order valence-corrected chi connectivity index (χ1v) is 7.10. The number of nitrogens with one attached hydrogen (secondary N) is 1. The molecule has 0 saturated heterocycles. The number of hydrogen-bond acceptors (Lipinski definition) is 4. The van der Waals surface area contributed by atoms with Gasteiger partial charge >= 0.3 is 5.97 Å². The molecule has 2 unspecified atom stereocenters. The van der Waals surface area contributed by atoms with Gasteiger partial charge in [0.15, 0.2) is 0 Å². The minimum absolute atomic E-state index is 0.149. The average molecular weight is 263 g/mol. The van der Waals surface area contributed by atoms with E-state index in [1.165, 1.54) is 0 Å². The van der Waals surface area contributed by atoms with Gasteiger partial charge in [0.25, 0.3) is 0 Å². The van der Waals surface area contributed by atoms with Gasteiger partial charge in [-0.1, -0.05) is 6.92 Å². The van der Waals surface area contributed by atoms with Crippen LogP contribution in [-0.2, 0) is 4.79 Å². The molecular weight excluding hydrogens is 238 g/mol. The Hall–Kier alpha value is -0.260. The number of hydrogen-bond donors (Lipinski definition) is 3. The summed E-state index contributed by atoms with van der Waals surface area (Å²) in [4.78, 5) is 11.2. The number of rotatable bonds is 9. The highest BCUT2D eigenvalue weighted by molar-refractivity contribution is 7.99. The van der Waals surface area contributed by atoms with Gasteiger partial charge in [-0.2, -0.15) is 11.8 Å². The van der Waals surface area contributed by atoms with Gasteiger partial charge in [0.2, 0.25) is 0 Å². The molecule has 0 aromatic heterocycles. The molecule has 0 heterocycles. The second-order valence-electron chi connectivity index (χ2n) is 4.88. The molecule has 3 N–H and O–H groups in total. The van der Waals surface area contributed by atoms with Crippen LogP contribution < -0.4 is 5.32 Å². The molecule has 0 aliphatic heterocycles. The van der Waals surface area contributed by atoms with Crippen LogP contribution in [0.1, 0.15) is 40.5 Å². The zero-order valence-corrected chi connectivity index (χ0v) is 12.0. The topological polar surface area (TPSA) is 69.6 Å². The fourth-order valence-electron chi connectivity index (χ4n) is 1.61. The van der Waals surface area contributed by atoms with Crippen LogP contribution in [0, 0.1) is 0 Å². The predicted octanol–water partition coefficient (Wildman–Crippen LogP) is 1.72. The quantitative estimate of drug-likeness (QED) is 0.591. The van der Waals surface area contributed by atoms with Crippen LogP contribution in [0.25, 0.3) is 0 Å². The third kappa shape index (κ3) is 6.91. The van der Waals surface area contributed by atoms with Crippen molar-refractivity contribution in [1.29, 1.82) is 0 Å². The lowest BCUT2D eigenvalue weighted by Gasteiger charge is -2.29. The molecular formula is C12H25NO3S. The van der Waals surface area contributed by atoms with Crippen LogP contribution in [-0.4, -0.2) is 45.4 Å². The Bertz CT molecular complexity index is 236. The summed E-state index contributed by atoms with van der Waals surface area (Å²) in [7, 11) is 0. The van der Waals surface area contributed by atoms with E-state index >= 15 is 0 Å². The van der Waals surface area contributed by atoms with Gasteiger partial charge in [0.05, 0.1) is 0 Å². The molecule has 0 bridgehead atoms. The van der Waals surface area contributed by atoms with Crippen LogP contribution in [0.15, 0.2) is 0 Å². The number of aliphatic hydroxyl groups is 1. The molecule has 2 atom stereocenters. The maximum Gasteiger partial charge on any atom is 0.323 e. The molecule has 0 spiro atoms. The van der Waals surface area contributed by atoms with Gasteiger partial charge in [0.1, 0.15) is 5.54 Å². The van der Waals surface area contributed by atoms with Gasteiger partial charge in [-0.15, -0.1) is 0 Å². The van der Waals surface area contributed by atoms with Crippen LogP contribution in [0.3, 0.4) is 0 Å². The third-order valence-electron chi connectivity index (χ3n) is 2.62. The molecule has 0 aromatic carbocycles. The fourth-order valence-corrected chi connectivity index (χ4v) is 2.81. The van der Waals surface area contributed by atoms with Crippen LogP contribution in [0.2, 0.25) is 0 Å². The molecule has 0 radical (unpaired) electrons. The van der Waals surface area contributed by atoms with E-state index in [9.17, 15) is 9.90 Å². The summed E-state index contributed by atoms with van der Waals surface area (Å²) in [6.45, 7) is 7.86. The van der Waals surface area contributed by atoms with E-state index < -0.39 is 11.5 Å². The van der Waals surface area contributed by atoms with Crippen LogP contribution >= 0.6 is 11.8 Å². The summed E-state index contributed by atoms with van der Waals surface area (Å²) < 4.78 is 0. The number of carbonyl (C=O) groups is 1. The Kier molecular flexibility index (Phi) is 7.83. The highest BCUT2D eigenvalue weighted by atomic mass is 32.2. The standard InChI is InChI=1S/C12H25NO3S/c1-9(2)13-12(4,11(15)16)6-8-17-10(3)5-7-14/h9-10,13-14H,5-8H2,1-4H3,(H,15,16). The van der Waals surface area contributed by atoms with E-state index in [0.29, 0.717) is 11.7 Å². The Labute approximate surface area is 108 Å². The van der Waals surface area contributed by atoms with Crippen molar-refractivity contribution in [3.8, 4) is 0 Å². The zero-order valence-electron chi connectivity index (χ0n) is 11.2. The SMILES string of the molecule is CC(C)NC(C)(CCSC(C)CCO)C(=O)O. The van der Waals surface area contributed by atoms with Gasteiger partial charge < -0.3 is 10.2 Å². The molecule has 4 nitrogen and oxygen atoms in total. The lowest BCUT2D eigenvalue weighted by atomic mass is 9.98. The number of carboxylic acid groups (broad SMARTS) is 1. The van der Waals surface area contributed by atoms with Crippen molar-refractivity contribution < 1.29 is 15.0 Å². The van der Waals surface area contributed by atoms with Crippen molar-refractivity contribution in [3.63, 3.8) is 0 Å². The van der Waals surface area contributed by atoms with Gasteiger partial charge in [-0.3, -0.25) is 10.1 Å². The maximum atomic E-state index is 11.2. The van der Waals surface area contributed by atoms with Crippen LogP contribution in [0.4, 0.5) is 0 Å². The van der Waals surface area contributed by atoms with E-state index in [1.807, 2.05) is 13.8 Å². The number of carboxylic acids is 1. The summed E-state index contributed by atoms with van der Waals surface area (Å²) in [5.74, 6) is -0.0226. The van der Waals surface area contributed by atoms with Crippen molar-refractivity contribution in [2.45, 2.75) is 57.4 Å². The first kappa shape index (κ1) is 16.7. The third-order valence-corrected chi connectivity index (χ3v) is 3.86. The molecule has 17 heavy (non-hydrogen) atoms. The number of aliphatic carboxylic acids is 1. The molecule has 0 aliphatic rings. The van der Waals surface area contributed by atoms with Crippen molar-refractivity contribution in [1.82, 2.24) is 5.32 Å². The highest BCUT2D eigenvalue weighted by Crippen LogP contribution is 2.20. The Morgan fingerprint density at radius 2 is 2.00 bits per heavy atom. The van der Waals surface area contributed by atoms with Gasteiger partial charge in [0, 0.05) is 17.9 Å². The minimum atomic E-state index is -0.861. The molecule has 0 amide bonds. The fraction of sp³-hybridized carbons (Fsp3) is 0.917. The van der Waals surface area contributed by atoms with Crippen molar-refractivity contribution in [3.05, 3.63) is 0 Å². The highest BCUT2D eigenvalue weighted by Gasteiger charge is 2.32. The lowest BCUT2D eigenvalue weighted by molar-refractivity contribution is -0.144. The first-order chi connectivity index (χ1) is 7.81. The van der Waals surface area contributed by atoms with E-state index in [4.69, 9.17) is 5.11 Å². The lowest BCUT2D eigenvalue weighted by Crippen LogP contribution is -2.52. The maximum absolute atomic E-state index is 11.2. The number of thioether (sulfide) groups is 1. The molecule has 102 valence electrons. The summed E-state index contributed by atoms with van der Waals surface area (Å²) in [5, 5.41) is 21.5. The van der Waals surface area contributed by atoms with Crippen LogP contribution in [0.5, 0.6) is 0 Å². The van der Waals surface area contributed by atoms with Gasteiger partial charge in [-0.05, 0) is 39.4 Å². The summed E-state index contributed by atoms with van der Waals surface area (Å²) in [5.41, 5.74) is -0.861. The molecule has 0 rings (SSSR count). The smallest absolute Gasteiger partial charge is 0.323 e. The van der Waals surface area contributed by atoms with Crippen molar-refractivity contribution >= 4 is 17.7 Å². The first-order valence-electron chi connectivity index (χ1n) is 6.05. The van der Waals surface area contributed by atoms with Crippen molar-refractivity contribution in [2.75, 3.05) is 12.4 Å². The Morgan fingerprint density at radius 3 is 2.41 bits per heavy atom. The summed E-state index contributed by atoms with van der Waals surface area (Å²) in [6, 6.07) is 0.149. The predicted molar refractivity (Wildman–Crippen MR) is 72.6 cm³/mol. The average Bonchev–Trinajstić information content (AvgIpc) is 2.16. The molecule has 5 heteroatoms. The summed E-state index contributed by atoms with van der Waals surface area (Å²) in [6.07, 6.45) is 1.34. The molecule has 0 aromatic rings. The second-order valence-corrected chi connectivity index (χ2v) is 6.43. The van der Waals surface area contributed by atoms with Crippen molar-refractivity contribution in [2.24, 2.45) is 0 Å². The second kappa shape index (κ2) is 7.95. The normalized spacial score (nSPS) is 16.8. The Balaban J connectivity index is 4.14. The minimum Gasteiger partial charge on any atom is -0.480 e.